The Bertz CT molecular complexity index is 962. The molecular weight excluding hydrogens is 372 g/mol. The molecule has 156 valence electrons. The Kier molecular flexibility index (Phi) is 5.13. The maximum absolute atomic E-state index is 4.90. The summed E-state index contributed by atoms with van der Waals surface area (Å²) in [4.78, 5) is 14.2. The van der Waals surface area contributed by atoms with Gasteiger partial charge in [0.05, 0.1) is 0 Å². The molecule has 0 amide bonds. The molecule has 30 heavy (non-hydrogen) atoms. The van der Waals surface area contributed by atoms with E-state index in [0.717, 1.165) is 50.9 Å². The summed E-state index contributed by atoms with van der Waals surface area (Å²) in [5.74, 6) is 2.74. The molecule has 2 fully saturated rings. The Morgan fingerprint density at radius 2 is 1.63 bits per heavy atom. The Morgan fingerprint density at radius 1 is 0.967 bits per heavy atom. The smallest absolute Gasteiger partial charge is 0.153 e. The molecule has 2 aliphatic heterocycles. The van der Waals surface area contributed by atoms with Gasteiger partial charge in [-0.2, -0.15) is 5.10 Å². The van der Waals surface area contributed by atoms with Crippen molar-refractivity contribution in [3.63, 3.8) is 0 Å². The fourth-order valence-corrected chi connectivity index (χ4v) is 5.14. The third-order valence-electron chi connectivity index (χ3n) is 6.57. The van der Waals surface area contributed by atoms with Crippen molar-refractivity contribution in [1.29, 1.82) is 0 Å². The van der Waals surface area contributed by atoms with Crippen LogP contribution in [0.5, 0.6) is 0 Å². The minimum Gasteiger partial charge on any atom is -0.298 e. The average molecular weight is 403 g/mol. The van der Waals surface area contributed by atoms with E-state index < -0.39 is 0 Å². The first kappa shape index (κ1) is 19.4. The van der Waals surface area contributed by atoms with Gasteiger partial charge in [0.1, 0.15) is 5.82 Å². The molecule has 3 aromatic rings. The molecule has 1 spiro atoms. The highest BCUT2D eigenvalue weighted by Gasteiger charge is 2.55. The van der Waals surface area contributed by atoms with Crippen LogP contribution in [0.15, 0.2) is 54.9 Å². The molecule has 1 unspecified atom stereocenters. The van der Waals surface area contributed by atoms with Gasteiger partial charge in [0, 0.05) is 68.9 Å². The Morgan fingerprint density at radius 3 is 2.33 bits per heavy atom. The van der Waals surface area contributed by atoms with Gasteiger partial charge < -0.3 is 0 Å². The topological polar surface area (TPSA) is 60.9 Å². The molecule has 2 aromatic heterocycles. The van der Waals surface area contributed by atoms with Crippen molar-refractivity contribution < 1.29 is 0 Å². The number of rotatable bonds is 6. The first-order chi connectivity index (χ1) is 14.6. The molecular formula is C24H30N6. The molecule has 2 aliphatic rings. The molecule has 0 aliphatic carbocycles. The summed E-state index contributed by atoms with van der Waals surface area (Å²) in [5, 5.41) is 7.79. The summed E-state index contributed by atoms with van der Waals surface area (Å²) in [7, 11) is 0. The second-order valence-electron chi connectivity index (χ2n) is 9.30. The van der Waals surface area contributed by atoms with Gasteiger partial charge in [-0.1, -0.05) is 44.2 Å². The van der Waals surface area contributed by atoms with Crippen molar-refractivity contribution in [2.24, 2.45) is 5.41 Å². The van der Waals surface area contributed by atoms with E-state index in [2.05, 4.69) is 81.3 Å². The van der Waals surface area contributed by atoms with Gasteiger partial charge in [-0.25, -0.2) is 4.98 Å². The van der Waals surface area contributed by atoms with Gasteiger partial charge in [-0.15, -0.1) is 0 Å². The predicted octanol–water partition coefficient (Wildman–Crippen LogP) is 3.42. The quantitative estimate of drug-likeness (QED) is 0.685. The van der Waals surface area contributed by atoms with Gasteiger partial charge in [0.2, 0.25) is 0 Å². The van der Waals surface area contributed by atoms with E-state index in [4.69, 9.17) is 4.98 Å². The number of hydrogen-bond acceptors (Lipinski definition) is 5. The lowest BCUT2D eigenvalue weighted by Crippen LogP contribution is -2.59. The molecule has 2 saturated heterocycles. The van der Waals surface area contributed by atoms with Crippen molar-refractivity contribution in [3.05, 3.63) is 77.6 Å². The molecule has 0 bridgehead atoms. The number of likely N-dealkylation sites (tertiary alicyclic amines) is 2. The van der Waals surface area contributed by atoms with Crippen molar-refractivity contribution in [1.82, 2.24) is 30.0 Å². The molecule has 0 saturated carbocycles. The number of benzene rings is 1. The van der Waals surface area contributed by atoms with E-state index in [1.807, 2.05) is 12.4 Å². The van der Waals surface area contributed by atoms with E-state index >= 15 is 0 Å². The van der Waals surface area contributed by atoms with E-state index in [9.17, 15) is 0 Å². The van der Waals surface area contributed by atoms with Crippen LogP contribution in [-0.4, -0.2) is 56.1 Å². The lowest BCUT2D eigenvalue weighted by Gasteiger charge is -2.50. The number of nitrogens with zero attached hydrogens (tertiary/aromatic N) is 5. The Hall–Kier alpha value is -2.57. The zero-order valence-electron chi connectivity index (χ0n) is 17.8. The third kappa shape index (κ3) is 3.77. The number of H-pyrrole nitrogens is 1. The molecule has 6 heteroatoms. The highest BCUT2D eigenvalue weighted by Crippen LogP contribution is 2.49. The maximum atomic E-state index is 4.90. The Labute approximate surface area is 178 Å². The average Bonchev–Trinajstić information content (AvgIpc) is 3.35. The zero-order chi connectivity index (χ0) is 20.6. The van der Waals surface area contributed by atoms with E-state index in [-0.39, 0.29) is 5.41 Å². The minimum atomic E-state index is 0.246. The normalized spacial score (nSPS) is 21.4. The monoisotopic (exact) mass is 402 g/mol. The van der Waals surface area contributed by atoms with Crippen LogP contribution >= 0.6 is 0 Å². The van der Waals surface area contributed by atoms with Crippen LogP contribution in [0, 0.1) is 5.41 Å². The maximum Gasteiger partial charge on any atom is 0.153 e. The molecule has 1 N–H and O–H groups in total. The van der Waals surface area contributed by atoms with E-state index in [1.165, 1.54) is 11.1 Å². The predicted molar refractivity (Wildman–Crippen MR) is 117 cm³/mol. The molecule has 0 radical (unpaired) electrons. The largest absolute Gasteiger partial charge is 0.298 e. The summed E-state index contributed by atoms with van der Waals surface area (Å²) < 4.78 is 0. The third-order valence-corrected chi connectivity index (χ3v) is 6.57. The number of pyridine rings is 1. The van der Waals surface area contributed by atoms with Crippen LogP contribution in [0.3, 0.4) is 0 Å². The summed E-state index contributed by atoms with van der Waals surface area (Å²) in [6, 6.07) is 15.0. The number of hydrogen-bond donors (Lipinski definition) is 1. The minimum absolute atomic E-state index is 0.246. The summed E-state index contributed by atoms with van der Waals surface area (Å²) in [6.45, 7) is 10.6. The summed E-state index contributed by atoms with van der Waals surface area (Å²) >= 11 is 0. The van der Waals surface area contributed by atoms with Crippen LogP contribution in [0.2, 0.25) is 0 Å². The molecule has 5 rings (SSSR count). The second-order valence-corrected chi connectivity index (χ2v) is 9.30. The SMILES string of the molecule is CC(C)c1n[nH]c(C2CN(Cc3ccccc3)CC23CN(Cc2ccncc2)C3)n1. The van der Waals surface area contributed by atoms with Crippen LogP contribution < -0.4 is 0 Å². The fraction of sp³-hybridized carbons (Fsp3) is 0.458. The molecule has 6 nitrogen and oxygen atoms in total. The van der Waals surface area contributed by atoms with Crippen LogP contribution in [-0.2, 0) is 13.1 Å². The van der Waals surface area contributed by atoms with E-state index in [1.54, 1.807) is 0 Å². The van der Waals surface area contributed by atoms with E-state index in [0.29, 0.717) is 11.8 Å². The van der Waals surface area contributed by atoms with Crippen LogP contribution in [0.25, 0.3) is 0 Å². The van der Waals surface area contributed by atoms with Gasteiger partial charge in [-0.05, 0) is 23.3 Å². The van der Waals surface area contributed by atoms with Gasteiger partial charge >= 0.3 is 0 Å². The lowest BCUT2D eigenvalue weighted by atomic mass is 9.71. The fourth-order valence-electron chi connectivity index (χ4n) is 5.14. The summed E-state index contributed by atoms with van der Waals surface area (Å²) in [5.41, 5.74) is 2.95. The Balaban J connectivity index is 1.34. The van der Waals surface area contributed by atoms with Crippen molar-refractivity contribution in [3.8, 4) is 0 Å². The van der Waals surface area contributed by atoms with Gasteiger partial charge in [0.15, 0.2) is 5.82 Å². The molecule has 1 atom stereocenters. The highest BCUT2D eigenvalue weighted by atomic mass is 15.3. The number of nitrogens with one attached hydrogen (secondary N) is 1. The lowest BCUT2D eigenvalue weighted by molar-refractivity contribution is -0.0111. The van der Waals surface area contributed by atoms with Crippen molar-refractivity contribution >= 4 is 0 Å². The molecule has 4 heterocycles. The van der Waals surface area contributed by atoms with Crippen LogP contribution in [0.4, 0.5) is 0 Å². The van der Waals surface area contributed by atoms with Crippen molar-refractivity contribution in [2.75, 3.05) is 26.2 Å². The summed E-state index contributed by atoms with van der Waals surface area (Å²) in [6.07, 6.45) is 3.76. The van der Waals surface area contributed by atoms with Crippen LogP contribution in [0.1, 0.15) is 48.5 Å². The molecule has 1 aromatic carbocycles. The first-order valence-electron chi connectivity index (χ1n) is 10.9. The van der Waals surface area contributed by atoms with Crippen molar-refractivity contribution in [2.45, 2.75) is 38.8 Å². The van der Waals surface area contributed by atoms with Gasteiger partial charge in [-0.3, -0.25) is 19.9 Å². The number of aromatic nitrogens is 4. The zero-order valence-corrected chi connectivity index (χ0v) is 17.8. The standard InChI is InChI=1S/C24H30N6/c1-18(2)22-26-23(28-27-22)21-14-29(12-19-6-4-3-5-7-19)15-24(21)16-30(17-24)13-20-8-10-25-11-9-20/h3-11,18,21H,12-17H2,1-2H3,(H,26,27,28). The second kappa shape index (κ2) is 7.93. The first-order valence-corrected chi connectivity index (χ1v) is 10.9. The highest BCUT2D eigenvalue weighted by molar-refractivity contribution is 5.21. The number of aromatic amines is 1. The van der Waals surface area contributed by atoms with Gasteiger partial charge in [0.25, 0.3) is 0 Å².